The summed E-state index contributed by atoms with van der Waals surface area (Å²) in [5.41, 5.74) is -0.854. The summed E-state index contributed by atoms with van der Waals surface area (Å²) in [7, 11) is 3.57. The Morgan fingerprint density at radius 1 is 1.45 bits per heavy atom. The number of rotatable bonds is 5. The molecule has 0 bridgehead atoms. The SMILES string of the molecule is CN(Cc1nccn1C)C(=O)CC1(C(=O)O)CCCC1. The molecule has 0 aliphatic heterocycles. The Bertz CT molecular complexity index is 504. The summed E-state index contributed by atoms with van der Waals surface area (Å²) in [5.74, 6) is -0.178. The molecular weight excluding hydrogens is 258 g/mol. The minimum Gasteiger partial charge on any atom is -0.481 e. The number of aliphatic carboxylic acids is 1. The quantitative estimate of drug-likeness (QED) is 0.884. The predicted octanol–water partition coefficient (Wildman–Crippen LogP) is 1.41. The van der Waals surface area contributed by atoms with Gasteiger partial charge in [-0.1, -0.05) is 12.8 Å². The molecule has 1 fully saturated rings. The number of carboxylic acid groups (broad SMARTS) is 1. The number of carboxylic acids is 1. The lowest BCUT2D eigenvalue weighted by Gasteiger charge is -2.26. The first-order chi connectivity index (χ1) is 9.44. The molecule has 0 radical (unpaired) electrons. The summed E-state index contributed by atoms with van der Waals surface area (Å²) in [5, 5.41) is 9.41. The summed E-state index contributed by atoms with van der Waals surface area (Å²) >= 11 is 0. The molecule has 1 heterocycles. The molecule has 20 heavy (non-hydrogen) atoms. The van der Waals surface area contributed by atoms with Crippen molar-refractivity contribution >= 4 is 11.9 Å². The zero-order chi connectivity index (χ0) is 14.8. The van der Waals surface area contributed by atoms with E-state index in [1.165, 1.54) is 0 Å². The molecule has 1 N–H and O–H groups in total. The molecule has 1 amide bonds. The van der Waals surface area contributed by atoms with Gasteiger partial charge in [0.2, 0.25) is 5.91 Å². The number of aryl methyl sites for hydroxylation is 1. The highest BCUT2D eigenvalue weighted by Gasteiger charge is 2.43. The first kappa shape index (κ1) is 14.6. The van der Waals surface area contributed by atoms with Gasteiger partial charge in [-0.25, -0.2) is 4.98 Å². The molecule has 110 valence electrons. The average molecular weight is 279 g/mol. The van der Waals surface area contributed by atoms with Crippen molar-refractivity contribution in [3.8, 4) is 0 Å². The summed E-state index contributed by atoms with van der Waals surface area (Å²) in [4.78, 5) is 29.5. The molecule has 2 rings (SSSR count). The second-order valence-electron chi connectivity index (χ2n) is 5.67. The van der Waals surface area contributed by atoms with Gasteiger partial charge in [-0.3, -0.25) is 9.59 Å². The van der Waals surface area contributed by atoms with Gasteiger partial charge in [-0.15, -0.1) is 0 Å². The number of aromatic nitrogens is 2. The van der Waals surface area contributed by atoms with Gasteiger partial charge >= 0.3 is 5.97 Å². The van der Waals surface area contributed by atoms with Crippen LogP contribution in [0.15, 0.2) is 12.4 Å². The second kappa shape index (κ2) is 5.64. The van der Waals surface area contributed by atoms with Crippen LogP contribution in [0.1, 0.15) is 37.9 Å². The van der Waals surface area contributed by atoms with Crippen LogP contribution < -0.4 is 0 Å². The Labute approximate surface area is 118 Å². The van der Waals surface area contributed by atoms with Gasteiger partial charge in [0, 0.05) is 32.9 Å². The van der Waals surface area contributed by atoms with Crippen molar-refractivity contribution in [3.63, 3.8) is 0 Å². The van der Waals surface area contributed by atoms with E-state index in [1.807, 2.05) is 17.8 Å². The van der Waals surface area contributed by atoms with Crippen molar-refractivity contribution in [1.82, 2.24) is 14.5 Å². The molecule has 0 spiro atoms. The van der Waals surface area contributed by atoms with E-state index in [4.69, 9.17) is 0 Å². The van der Waals surface area contributed by atoms with Crippen molar-refractivity contribution in [2.24, 2.45) is 12.5 Å². The monoisotopic (exact) mass is 279 g/mol. The zero-order valence-electron chi connectivity index (χ0n) is 12.0. The van der Waals surface area contributed by atoms with Gasteiger partial charge in [-0.2, -0.15) is 0 Å². The minimum absolute atomic E-state index is 0.0866. The van der Waals surface area contributed by atoms with Crippen molar-refractivity contribution in [1.29, 1.82) is 0 Å². The maximum absolute atomic E-state index is 12.3. The van der Waals surface area contributed by atoms with Crippen LogP contribution >= 0.6 is 0 Å². The summed E-state index contributed by atoms with van der Waals surface area (Å²) in [6.45, 7) is 0.401. The van der Waals surface area contributed by atoms with E-state index in [2.05, 4.69) is 4.98 Å². The zero-order valence-corrected chi connectivity index (χ0v) is 12.0. The number of imidazole rings is 1. The van der Waals surface area contributed by atoms with Gasteiger partial charge in [0.1, 0.15) is 5.82 Å². The number of hydrogen-bond acceptors (Lipinski definition) is 3. The lowest BCUT2D eigenvalue weighted by atomic mass is 9.82. The van der Waals surface area contributed by atoms with Gasteiger partial charge in [0.15, 0.2) is 0 Å². The lowest BCUT2D eigenvalue weighted by molar-refractivity contribution is -0.153. The fourth-order valence-corrected chi connectivity index (χ4v) is 2.79. The number of carbonyl (C=O) groups excluding carboxylic acids is 1. The molecule has 6 heteroatoms. The molecule has 1 aliphatic carbocycles. The van der Waals surface area contributed by atoms with Crippen molar-refractivity contribution in [2.45, 2.75) is 38.6 Å². The van der Waals surface area contributed by atoms with Crippen LogP contribution in [0.5, 0.6) is 0 Å². The van der Waals surface area contributed by atoms with E-state index < -0.39 is 11.4 Å². The van der Waals surface area contributed by atoms with Crippen molar-refractivity contribution in [2.75, 3.05) is 7.05 Å². The van der Waals surface area contributed by atoms with E-state index in [0.717, 1.165) is 18.7 Å². The average Bonchev–Trinajstić information content (AvgIpc) is 3.00. The molecule has 0 saturated heterocycles. The number of nitrogens with zero attached hydrogens (tertiary/aromatic N) is 3. The van der Waals surface area contributed by atoms with Gasteiger partial charge in [0.05, 0.1) is 12.0 Å². The Hall–Kier alpha value is -1.85. The third kappa shape index (κ3) is 2.84. The third-order valence-electron chi connectivity index (χ3n) is 4.23. The maximum Gasteiger partial charge on any atom is 0.310 e. The topological polar surface area (TPSA) is 75.4 Å². The number of hydrogen-bond donors (Lipinski definition) is 1. The second-order valence-corrected chi connectivity index (χ2v) is 5.67. The first-order valence-electron chi connectivity index (χ1n) is 6.88. The van der Waals surface area contributed by atoms with Crippen LogP contribution in [0.2, 0.25) is 0 Å². The first-order valence-corrected chi connectivity index (χ1v) is 6.88. The Morgan fingerprint density at radius 3 is 2.60 bits per heavy atom. The highest BCUT2D eigenvalue weighted by atomic mass is 16.4. The molecule has 1 aromatic heterocycles. The smallest absolute Gasteiger partial charge is 0.310 e. The van der Waals surface area contributed by atoms with E-state index in [9.17, 15) is 14.7 Å². The van der Waals surface area contributed by atoms with E-state index >= 15 is 0 Å². The lowest BCUT2D eigenvalue weighted by Crippen LogP contribution is -2.36. The Morgan fingerprint density at radius 2 is 2.10 bits per heavy atom. The molecule has 1 aromatic rings. The Kier molecular flexibility index (Phi) is 4.11. The minimum atomic E-state index is -0.854. The number of carbonyl (C=O) groups is 2. The van der Waals surface area contributed by atoms with Crippen LogP contribution in [0, 0.1) is 5.41 Å². The molecule has 1 saturated carbocycles. The molecular formula is C14H21N3O3. The fourth-order valence-electron chi connectivity index (χ4n) is 2.79. The normalized spacial score (nSPS) is 17.1. The summed E-state index contributed by atoms with van der Waals surface area (Å²) in [6.07, 6.45) is 6.58. The van der Waals surface area contributed by atoms with Gasteiger partial charge in [-0.05, 0) is 12.8 Å². The summed E-state index contributed by atoms with van der Waals surface area (Å²) in [6, 6.07) is 0. The van der Waals surface area contributed by atoms with E-state index in [1.54, 1.807) is 18.1 Å². The largest absolute Gasteiger partial charge is 0.481 e. The maximum atomic E-state index is 12.3. The van der Waals surface area contributed by atoms with Crippen molar-refractivity contribution < 1.29 is 14.7 Å². The van der Waals surface area contributed by atoms with Crippen LogP contribution in [0.25, 0.3) is 0 Å². The number of amides is 1. The van der Waals surface area contributed by atoms with Crippen LogP contribution in [0.3, 0.4) is 0 Å². The molecule has 1 aliphatic rings. The van der Waals surface area contributed by atoms with Crippen LogP contribution in [-0.2, 0) is 23.2 Å². The molecule has 0 unspecified atom stereocenters. The van der Waals surface area contributed by atoms with Crippen molar-refractivity contribution in [3.05, 3.63) is 18.2 Å². The predicted molar refractivity (Wildman–Crippen MR) is 72.8 cm³/mol. The summed E-state index contributed by atoms with van der Waals surface area (Å²) < 4.78 is 1.85. The van der Waals surface area contributed by atoms with E-state index in [-0.39, 0.29) is 12.3 Å². The van der Waals surface area contributed by atoms with E-state index in [0.29, 0.717) is 19.4 Å². The standard InChI is InChI=1S/C14H21N3O3/c1-16-8-7-15-11(16)10-17(2)12(18)9-14(13(19)20)5-3-4-6-14/h7-8H,3-6,9-10H2,1-2H3,(H,19,20). The highest BCUT2D eigenvalue weighted by molar-refractivity contribution is 5.85. The third-order valence-corrected chi connectivity index (χ3v) is 4.23. The highest BCUT2D eigenvalue weighted by Crippen LogP contribution is 2.41. The fraction of sp³-hybridized carbons (Fsp3) is 0.643. The van der Waals surface area contributed by atoms with Crippen LogP contribution in [0.4, 0.5) is 0 Å². The van der Waals surface area contributed by atoms with Crippen LogP contribution in [-0.4, -0.2) is 38.5 Å². The van der Waals surface area contributed by atoms with Gasteiger partial charge < -0.3 is 14.6 Å². The Balaban J connectivity index is 2.00. The molecule has 6 nitrogen and oxygen atoms in total. The molecule has 0 aromatic carbocycles. The van der Waals surface area contributed by atoms with Gasteiger partial charge in [0.25, 0.3) is 0 Å². The molecule has 0 atom stereocenters.